The summed E-state index contributed by atoms with van der Waals surface area (Å²) in [5, 5.41) is 0. The molecule has 1 unspecified atom stereocenters. The molecule has 3 aliphatic rings. The molecule has 0 N–H and O–H groups in total. The first kappa shape index (κ1) is 15.3. The molecule has 2 saturated heterocycles. The lowest BCUT2D eigenvalue weighted by atomic mass is 9.86. The van der Waals surface area contributed by atoms with Crippen LogP contribution in [0.5, 0.6) is 0 Å². The van der Waals surface area contributed by atoms with Gasteiger partial charge in [-0.2, -0.15) is 0 Å². The number of hydrogen-bond donors (Lipinski definition) is 0. The lowest BCUT2D eigenvalue weighted by Gasteiger charge is -2.42. The van der Waals surface area contributed by atoms with Gasteiger partial charge in [-0.05, 0) is 39.5 Å². The van der Waals surface area contributed by atoms with Gasteiger partial charge in [0, 0.05) is 31.1 Å². The Bertz CT molecular complexity index is 377. The summed E-state index contributed by atoms with van der Waals surface area (Å²) in [7, 11) is 0. The number of likely N-dealkylation sites (tertiary alicyclic amines) is 1. The average Bonchev–Trinajstić information content (AvgIpc) is 2.80. The third-order valence-electron chi connectivity index (χ3n) is 5.64. The van der Waals surface area contributed by atoms with Gasteiger partial charge in [0.1, 0.15) is 0 Å². The standard InChI is InChI=1S/C17H30N2O2/c1-14(2)19-9-5-6-15(16(19)20)18-10-11-21-13-17(12-18)7-3-4-8-17/h14-15H,3-13H2,1-2H3. The summed E-state index contributed by atoms with van der Waals surface area (Å²) in [4.78, 5) is 17.3. The molecule has 4 nitrogen and oxygen atoms in total. The Morgan fingerprint density at radius 1 is 1.19 bits per heavy atom. The second-order valence-electron chi connectivity index (χ2n) is 7.51. The van der Waals surface area contributed by atoms with Crippen molar-refractivity contribution in [2.24, 2.45) is 5.41 Å². The van der Waals surface area contributed by atoms with Gasteiger partial charge in [0.15, 0.2) is 0 Å². The van der Waals surface area contributed by atoms with Crippen molar-refractivity contribution in [2.45, 2.75) is 64.5 Å². The van der Waals surface area contributed by atoms with Gasteiger partial charge in [-0.3, -0.25) is 9.69 Å². The molecule has 1 amide bonds. The van der Waals surface area contributed by atoms with Crippen LogP contribution in [-0.4, -0.2) is 60.6 Å². The van der Waals surface area contributed by atoms with E-state index in [-0.39, 0.29) is 6.04 Å². The Kier molecular flexibility index (Phi) is 4.55. The summed E-state index contributed by atoms with van der Waals surface area (Å²) in [5.74, 6) is 0.353. The van der Waals surface area contributed by atoms with Crippen LogP contribution >= 0.6 is 0 Å². The number of hydrogen-bond acceptors (Lipinski definition) is 3. The van der Waals surface area contributed by atoms with Crippen molar-refractivity contribution < 1.29 is 9.53 Å². The van der Waals surface area contributed by atoms with E-state index in [4.69, 9.17) is 4.74 Å². The smallest absolute Gasteiger partial charge is 0.240 e. The predicted molar refractivity (Wildman–Crippen MR) is 83.2 cm³/mol. The van der Waals surface area contributed by atoms with Crippen molar-refractivity contribution in [3.05, 3.63) is 0 Å². The second-order valence-corrected chi connectivity index (χ2v) is 7.51. The van der Waals surface area contributed by atoms with Crippen molar-refractivity contribution in [2.75, 3.05) is 32.8 Å². The first-order chi connectivity index (χ1) is 10.1. The van der Waals surface area contributed by atoms with Crippen molar-refractivity contribution in [3.63, 3.8) is 0 Å². The maximum absolute atomic E-state index is 12.8. The van der Waals surface area contributed by atoms with Crippen LogP contribution in [0, 0.1) is 5.41 Å². The van der Waals surface area contributed by atoms with E-state index in [0.29, 0.717) is 17.4 Å². The number of piperidine rings is 1. The summed E-state index contributed by atoms with van der Waals surface area (Å²) in [6, 6.07) is 0.421. The Balaban J connectivity index is 1.73. The van der Waals surface area contributed by atoms with Crippen LogP contribution in [0.15, 0.2) is 0 Å². The minimum Gasteiger partial charge on any atom is -0.379 e. The molecule has 2 heterocycles. The van der Waals surface area contributed by atoms with Crippen molar-refractivity contribution >= 4 is 5.91 Å². The summed E-state index contributed by atoms with van der Waals surface area (Å²) in [5.41, 5.74) is 0.330. The number of carbonyl (C=O) groups excluding carboxylic acids is 1. The van der Waals surface area contributed by atoms with Gasteiger partial charge in [-0.25, -0.2) is 0 Å². The molecule has 21 heavy (non-hydrogen) atoms. The van der Waals surface area contributed by atoms with Gasteiger partial charge in [-0.1, -0.05) is 12.8 Å². The van der Waals surface area contributed by atoms with Gasteiger partial charge in [0.25, 0.3) is 0 Å². The molecule has 0 aromatic rings. The fourth-order valence-electron chi connectivity index (χ4n) is 4.45. The number of ether oxygens (including phenoxy) is 1. The predicted octanol–water partition coefficient (Wildman–Crippen LogP) is 2.28. The molecule has 120 valence electrons. The molecule has 1 saturated carbocycles. The second kappa shape index (κ2) is 6.25. The largest absolute Gasteiger partial charge is 0.379 e. The summed E-state index contributed by atoms with van der Waals surface area (Å²) in [6.07, 6.45) is 7.37. The van der Waals surface area contributed by atoms with Crippen molar-refractivity contribution in [1.29, 1.82) is 0 Å². The normalized spacial score (nSPS) is 31.1. The number of nitrogens with zero attached hydrogens (tertiary/aromatic N) is 2. The van der Waals surface area contributed by atoms with Crippen LogP contribution in [0.3, 0.4) is 0 Å². The molecule has 4 heteroatoms. The SMILES string of the molecule is CC(C)N1CCCC(N2CCOCC3(CCCC3)C2)C1=O. The number of rotatable bonds is 2. The van der Waals surface area contributed by atoms with Crippen LogP contribution in [0.2, 0.25) is 0 Å². The van der Waals surface area contributed by atoms with Crippen LogP contribution < -0.4 is 0 Å². The fourth-order valence-corrected chi connectivity index (χ4v) is 4.45. The summed E-state index contributed by atoms with van der Waals surface area (Å²) < 4.78 is 5.90. The Morgan fingerprint density at radius 3 is 2.67 bits per heavy atom. The highest BCUT2D eigenvalue weighted by Crippen LogP contribution is 2.41. The average molecular weight is 294 g/mol. The van der Waals surface area contributed by atoms with Gasteiger partial charge >= 0.3 is 0 Å². The van der Waals surface area contributed by atoms with E-state index in [0.717, 1.165) is 45.7 Å². The molecule has 1 spiro atoms. The number of carbonyl (C=O) groups is 1. The highest BCUT2D eigenvalue weighted by atomic mass is 16.5. The Hall–Kier alpha value is -0.610. The van der Waals surface area contributed by atoms with Crippen LogP contribution in [-0.2, 0) is 9.53 Å². The monoisotopic (exact) mass is 294 g/mol. The summed E-state index contributed by atoms with van der Waals surface area (Å²) >= 11 is 0. The van der Waals surface area contributed by atoms with E-state index < -0.39 is 0 Å². The topological polar surface area (TPSA) is 32.8 Å². The molecule has 0 aromatic heterocycles. The van der Waals surface area contributed by atoms with Gasteiger partial charge in [0.05, 0.1) is 19.3 Å². The lowest BCUT2D eigenvalue weighted by Crippen LogP contribution is -2.56. The van der Waals surface area contributed by atoms with Gasteiger partial charge in [0.2, 0.25) is 5.91 Å². The number of amides is 1. The van der Waals surface area contributed by atoms with E-state index in [9.17, 15) is 4.79 Å². The zero-order valence-corrected chi connectivity index (χ0v) is 13.6. The van der Waals surface area contributed by atoms with Crippen LogP contribution in [0.1, 0.15) is 52.4 Å². The van der Waals surface area contributed by atoms with Crippen LogP contribution in [0.25, 0.3) is 0 Å². The molecule has 1 aliphatic carbocycles. The zero-order valence-electron chi connectivity index (χ0n) is 13.6. The highest BCUT2D eigenvalue weighted by Gasteiger charge is 2.42. The maximum atomic E-state index is 12.8. The molecular formula is C17H30N2O2. The van der Waals surface area contributed by atoms with Crippen molar-refractivity contribution in [3.8, 4) is 0 Å². The van der Waals surface area contributed by atoms with Crippen LogP contribution in [0.4, 0.5) is 0 Å². The minimum atomic E-state index is 0.0975. The van der Waals surface area contributed by atoms with E-state index in [1.165, 1.54) is 25.7 Å². The van der Waals surface area contributed by atoms with Gasteiger partial charge < -0.3 is 9.64 Å². The first-order valence-electron chi connectivity index (χ1n) is 8.74. The van der Waals surface area contributed by atoms with Gasteiger partial charge in [-0.15, -0.1) is 0 Å². The Labute approximate surface area is 128 Å². The lowest BCUT2D eigenvalue weighted by molar-refractivity contribution is -0.142. The Morgan fingerprint density at radius 2 is 1.95 bits per heavy atom. The van der Waals surface area contributed by atoms with E-state index in [2.05, 4.69) is 23.6 Å². The molecule has 3 rings (SSSR count). The molecule has 1 atom stereocenters. The van der Waals surface area contributed by atoms with Crippen molar-refractivity contribution in [1.82, 2.24) is 9.80 Å². The molecule has 0 aromatic carbocycles. The zero-order chi connectivity index (χ0) is 14.9. The molecule has 0 bridgehead atoms. The summed E-state index contributed by atoms with van der Waals surface area (Å²) in [6.45, 7) is 8.86. The quantitative estimate of drug-likeness (QED) is 0.783. The molecule has 3 fully saturated rings. The van der Waals surface area contributed by atoms with E-state index in [1.807, 2.05) is 0 Å². The third kappa shape index (κ3) is 3.11. The highest BCUT2D eigenvalue weighted by molar-refractivity contribution is 5.82. The molecular weight excluding hydrogens is 264 g/mol. The maximum Gasteiger partial charge on any atom is 0.240 e. The fraction of sp³-hybridized carbons (Fsp3) is 0.941. The molecule has 2 aliphatic heterocycles. The minimum absolute atomic E-state index is 0.0975. The third-order valence-corrected chi connectivity index (χ3v) is 5.64. The first-order valence-corrected chi connectivity index (χ1v) is 8.74. The van der Waals surface area contributed by atoms with E-state index in [1.54, 1.807) is 0 Å². The molecule has 0 radical (unpaired) electrons. The van der Waals surface area contributed by atoms with E-state index >= 15 is 0 Å².